The molecular formula is C8H16N2O. The van der Waals surface area contributed by atoms with E-state index in [0.29, 0.717) is 6.04 Å². The van der Waals surface area contributed by atoms with Crippen LogP contribution in [0.25, 0.3) is 0 Å². The number of nitrogens with two attached hydrogens (primary N) is 1. The van der Waals surface area contributed by atoms with Crippen molar-refractivity contribution < 1.29 is 4.79 Å². The summed E-state index contributed by atoms with van der Waals surface area (Å²) in [6.45, 7) is 4.03. The molecule has 1 fully saturated rings. The normalized spacial score (nSPS) is 32.5. The van der Waals surface area contributed by atoms with Crippen LogP contribution in [0.2, 0.25) is 0 Å². The molecule has 1 atom stereocenters. The van der Waals surface area contributed by atoms with Gasteiger partial charge in [0.25, 0.3) is 0 Å². The van der Waals surface area contributed by atoms with Crippen LogP contribution in [0.3, 0.4) is 0 Å². The number of nitrogens with one attached hydrogen (secondary N) is 1. The standard InChI is InChI=1S/C8H16N2O/c1-5-3-7(4-5)10-6(2)8(9)11/h5-7,10H,3-4H2,1-2H3,(H2,9,11). The maximum atomic E-state index is 10.6. The van der Waals surface area contributed by atoms with Crippen molar-refractivity contribution >= 4 is 5.91 Å². The molecule has 0 aliphatic heterocycles. The predicted octanol–water partition coefficient (Wildman–Crippen LogP) is 0.248. The zero-order valence-corrected chi connectivity index (χ0v) is 7.13. The Morgan fingerprint density at radius 3 is 2.55 bits per heavy atom. The molecule has 1 unspecified atom stereocenters. The van der Waals surface area contributed by atoms with E-state index in [1.165, 1.54) is 12.8 Å². The Kier molecular flexibility index (Phi) is 2.49. The lowest BCUT2D eigenvalue weighted by atomic mass is 9.81. The van der Waals surface area contributed by atoms with E-state index in [4.69, 9.17) is 5.73 Å². The summed E-state index contributed by atoms with van der Waals surface area (Å²) < 4.78 is 0. The lowest BCUT2D eigenvalue weighted by Crippen LogP contribution is -2.49. The number of primary amides is 1. The Morgan fingerprint density at radius 2 is 2.18 bits per heavy atom. The summed E-state index contributed by atoms with van der Waals surface area (Å²) in [4.78, 5) is 10.6. The summed E-state index contributed by atoms with van der Waals surface area (Å²) in [6.07, 6.45) is 2.36. The van der Waals surface area contributed by atoms with E-state index in [1.807, 2.05) is 6.92 Å². The highest BCUT2D eigenvalue weighted by molar-refractivity contribution is 5.79. The Hall–Kier alpha value is -0.570. The number of rotatable bonds is 3. The first-order chi connectivity index (χ1) is 5.09. The Morgan fingerprint density at radius 1 is 1.64 bits per heavy atom. The van der Waals surface area contributed by atoms with Crippen molar-refractivity contribution in [1.82, 2.24) is 5.32 Å². The molecule has 3 N–H and O–H groups in total. The average molecular weight is 156 g/mol. The molecule has 11 heavy (non-hydrogen) atoms. The van der Waals surface area contributed by atoms with Gasteiger partial charge in [0, 0.05) is 6.04 Å². The molecule has 1 aliphatic rings. The Balaban J connectivity index is 2.16. The molecule has 0 spiro atoms. The van der Waals surface area contributed by atoms with E-state index >= 15 is 0 Å². The second-order valence-electron chi connectivity index (χ2n) is 3.56. The van der Waals surface area contributed by atoms with Gasteiger partial charge in [-0.3, -0.25) is 4.79 Å². The topological polar surface area (TPSA) is 55.1 Å². The molecule has 1 aliphatic carbocycles. The minimum atomic E-state index is -0.260. The van der Waals surface area contributed by atoms with E-state index in [2.05, 4.69) is 12.2 Å². The van der Waals surface area contributed by atoms with Crippen LogP contribution < -0.4 is 11.1 Å². The molecular weight excluding hydrogens is 140 g/mol. The van der Waals surface area contributed by atoms with Crippen molar-refractivity contribution in [3.63, 3.8) is 0 Å². The molecule has 0 aromatic heterocycles. The van der Waals surface area contributed by atoms with Gasteiger partial charge in [0.2, 0.25) is 5.91 Å². The fraction of sp³-hybridized carbons (Fsp3) is 0.875. The van der Waals surface area contributed by atoms with Gasteiger partial charge in [-0.25, -0.2) is 0 Å². The Bertz CT molecular complexity index is 152. The third-order valence-corrected chi connectivity index (χ3v) is 2.29. The number of hydrogen-bond acceptors (Lipinski definition) is 2. The lowest BCUT2D eigenvalue weighted by molar-refractivity contribution is -0.120. The van der Waals surface area contributed by atoms with Crippen LogP contribution >= 0.6 is 0 Å². The number of carbonyl (C=O) groups excluding carboxylic acids is 1. The highest BCUT2D eigenvalue weighted by Crippen LogP contribution is 2.26. The van der Waals surface area contributed by atoms with Crippen molar-refractivity contribution in [1.29, 1.82) is 0 Å². The fourth-order valence-corrected chi connectivity index (χ4v) is 1.47. The van der Waals surface area contributed by atoms with Crippen molar-refractivity contribution in [2.45, 2.75) is 38.8 Å². The fourth-order valence-electron chi connectivity index (χ4n) is 1.47. The van der Waals surface area contributed by atoms with Crippen molar-refractivity contribution in [3.05, 3.63) is 0 Å². The average Bonchev–Trinajstić information content (AvgIpc) is 1.84. The van der Waals surface area contributed by atoms with Gasteiger partial charge in [-0.05, 0) is 25.7 Å². The monoisotopic (exact) mass is 156 g/mol. The predicted molar refractivity (Wildman–Crippen MR) is 44.0 cm³/mol. The van der Waals surface area contributed by atoms with Gasteiger partial charge in [0.05, 0.1) is 6.04 Å². The van der Waals surface area contributed by atoms with Crippen LogP contribution in [-0.4, -0.2) is 18.0 Å². The molecule has 0 bridgehead atoms. The SMILES string of the molecule is CC1CC(NC(C)C(N)=O)C1. The van der Waals surface area contributed by atoms with Crippen LogP contribution in [0.4, 0.5) is 0 Å². The third kappa shape index (κ3) is 2.19. The molecule has 3 heteroatoms. The summed E-state index contributed by atoms with van der Waals surface area (Å²) in [5, 5.41) is 3.17. The van der Waals surface area contributed by atoms with E-state index in [-0.39, 0.29) is 11.9 Å². The van der Waals surface area contributed by atoms with Crippen molar-refractivity contribution in [2.24, 2.45) is 11.7 Å². The molecule has 64 valence electrons. The molecule has 0 radical (unpaired) electrons. The van der Waals surface area contributed by atoms with E-state index in [9.17, 15) is 4.79 Å². The largest absolute Gasteiger partial charge is 0.368 e. The van der Waals surface area contributed by atoms with E-state index < -0.39 is 0 Å². The Labute approximate surface area is 67.3 Å². The minimum Gasteiger partial charge on any atom is -0.368 e. The van der Waals surface area contributed by atoms with E-state index in [1.54, 1.807) is 0 Å². The van der Waals surface area contributed by atoms with Gasteiger partial charge in [0.1, 0.15) is 0 Å². The molecule has 0 heterocycles. The summed E-state index contributed by atoms with van der Waals surface area (Å²) >= 11 is 0. The summed E-state index contributed by atoms with van der Waals surface area (Å²) in [5.41, 5.74) is 5.10. The molecule has 0 aromatic carbocycles. The molecule has 3 nitrogen and oxygen atoms in total. The third-order valence-electron chi connectivity index (χ3n) is 2.29. The minimum absolute atomic E-state index is 0.174. The summed E-state index contributed by atoms with van der Waals surface area (Å²) in [5.74, 6) is 0.553. The first-order valence-corrected chi connectivity index (χ1v) is 4.15. The molecule has 1 rings (SSSR count). The van der Waals surface area contributed by atoms with Crippen molar-refractivity contribution in [3.8, 4) is 0 Å². The van der Waals surface area contributed by atoms with Crippen LogP contribution in [0.15, 0.2) is 0 Å². The molecule has 1 saturated carbocycles. The highest BCUT2D eigenvalue weighted by atomic mass is 16.1. The zero-order chi connectivity index (χ0) is 8.43. The van der Waals surface area contributed by atoms with Gasteiger partial charge in [-0.1, -0.05) is 6.92 Å². The highest BCUT2D eigenvalue weighted by Gasteiger charge is 2.27. The quantitative estimate of drug-likeness (QED) is 0.615. The zero-order valence-electron chi connectivity index (χ0n) is 7.13. The van der Waals surface area contributed by atoms with Crippen LogP contribution in [0, 0.1) is 5.92 Å². The maximum Gasteiger partial charge on any atom is 0.234 e. The summed E-state index contributed by atoms with van der Waals surface area (Å²) in [7, 11) is 0. The lowest BCUT2D eigenvalue weighted by Gasteiger charge is -2.34. The van der Waals surface area contributed by atoms with Crippen molar-refractivity contribution in [2.75, 3.05) is 0 Å². The molecule has 0 saturated heterocycles. The van der Waals surface area contributed by atoms with Crippen LogP contribution in [-0.2, 0) is 4.79 Å². The van der Waals surface area contributed by atoms with Gasteiger partial charge >= 0.3 is 0 Å². The van der Waals surface area contributed by atoms with Gasteiger partial charge in [-0.15, -0.1) is 0 Å². The smallest absolute Gasteiger partial charge is 0.234 e. The van der Waals surface area contributed by atoms with Gasteiger partial charge in [-0.2, -0.15) is 0 Å². The summed E-state index contributed by atoms with van der Waals surface area (Å²) in [6, 6.07) is 0.347. The second kappa shape index (κ2) is 3.22. The molecule has 0 aromatic rings. The molecule has 1 amide bonds. The first-order valence-electron chi connectivity index (χ1n) is 4.15. The number of hydrogen-bond donors (Lipinski definition) is 2. The van der Waals surface area contributed by atoms with Gasteiger partial charge in [0.15, 0.2) is 0 Å². The van der Waals surface area contributed by atoms with Gasteiger partial charge < -0.3 is 11.1 Å². The van der Waals surface area contributed by atoms with Crippen LogP contribution in [0.1, 0.15) is 26.7 Å². The second-order valence-corrected chi connectivity index (χ2v) is 3.56. The maximum absolute atomic E-state index is 10.6. The van der Waals surface area contributed by atoms with E-state index in [0.717, 1.165) is 5.92 Å². The first kappa shape index (κ1) is 8.53. The number of carbonyl (C=O) groups is 1. The van der Waals surface area contributed by atoms with Crippen LogP contribution in [0.5, 0.6) is 0 Å². The number of amides is 1.